The average molecular weight is 139 g/mol. The summed E-state index contributed by atoms with van der Waals surface area (Å²) in [6, 6.07) is 0. The van der Waals surface area contributed by atoms with Gasteiger partial charge in [-0.25, -0.2) is 0 Å². The highest BCUT2D eigenvalue weighted by Crippen LogP contribution is 2.14. The number of rotatable bonds is 2. The van der Waals surface area contributed by atoms with Crippen molar-refractivity contribution in [1.82, 2.24) is 10.2 Å². The first-order chi connectivity index (χ1) is 4.75. The van der Waals surface area contributed by atoms with Gasteiger partial charge in [0.05, 0.1) is 17.1 Å². The van der Waals surface area contributed by atoms with Crippen LogP contribution in [0.5, 0.6) is 0 Å². The van der Waals surface area contributed by atoms with Gasteiger partial charge in [-0.1, -0.05) is 0 Å². The molecule has 1 amide bonds. The van der Waals surface area contributed by atoms with Crippen LogP contribution in [0.15, 0.2) is 0 Å². The van der Waals surface area contributed by atoms with Crippen molar-refractivity contribution < 1.29 is 4.79 Å². The van der Waals surface area contributed by atoms with Crippen LogP contribution >= 0.6 is 0 Å². The Kier molecular flexibility index (Phi) is 1.71. The van der Waals surface area contributed by atoms with Gasteiger partial charge in [-0.3, -0.25) is 9.89 Å². The zero-order valence-electron chi connectivity index (χ0n) is 5.93. The molecule has 4 heteroatoms. The molecule has 0 aliphatic heterocycles. The van der Waals surface area contributed by atoms with Crippen LogP contribution in [0.25, 0.3) is 0 Å². The lowest BCUT2D eigenvalue weighted by Gasteiger charge is -1.94. The lowest BCUT2D eigenvalue weighted by atomic mass is 10.3. The third-order valence-electron chi connectivity index (χ3n) is 1.33. The van der Waals surface area contributed by atoms with Gasteiger partial charge >= 0.3 is 0 Å². The second-order valence-electron chi connectivity index (χ2n) is 2.07. The predicted molar refractivity (Wildman–Crippen MR) is 37.7 cm³/mol. The molecule has 1 aromatic heterocycles. The molecular formula is C6H9N3O. The summed E-state index contributed by atoms with van der Waals surface area (Å²) in [6.45, 7) is 3.68. The maximum Gasteiger partial charge on any atom is 0.211 e. The number of aromatic amines is 1. The van der Waals surface area contributed by atoms with Crippen molar-refractivity contribution in [3.05, 3.63) is 11.4 Å². The summed E-state index contributed by atoms with van der Waals surface area (Å²) in [7, 11) is 0. The Morgan fingerprint density at radius 2 is 2.30 bits per heavy atom. The molecule has 0 unspecified atom stereocenters. The van der Waals surface area contributed by atoms with E-state index >= 15 is 0 Å². The second kappa shape index (κ2) is 2.51. The molecule has 1 heterocycles. The van der Waals surface area contributed by atoms with Crippen LogP contribution in [0.4, 0.5) is 5.69 Å². The molecule has 1 rings (SSSR count). The minimum absolute atomic E-state index is 0.644. The van der Waals surface area contributed by atoms with Crippen LogP contribution in [0.1, 0.15) is 11.4 Å². The number of aryl methyl sites for hydroxylation is 2. The van der Waals surface area contributed by atoms with E-state index in [0.29, 0.717) is 6.41 Å². The summed E-state index contributed by atoms with van der Waals surface area (Å²) in [5.41, 5.74) is 2.46. The van der Waals surface area contributed by atoms with Crippen LogP contribution in [-0.4, -0.2) is 16.6 Å². The monoisotopic (exact) mass is 139 g/mol. The summed E-state index contributed by atoms with van der Waals surface area (Å²) < 4.78 is 0. The average Bonchev–Trinajstić information content (AvgIpc) is 2.20. The molecule has 2 N–H and O–H groups in total. The normalized spacial score (nSPS) is 9.40. The van der Waals surface area contributed by atoms with E-state index in [2.05, 4.69) is 15.5 Å². The van der Waals surface area contributed by atoms with Gasteiger partial charge in [0.25, 0.3) is 0 Å². The largest absolute Gasteiger partial charge is 0.326 e. The minimum Gasteiger partial charge on any atom is -0.326 e. The van der Waals surface area contributed by atoms with Crippen molar-refractivity contribution in [3.63, 3.8) is 0 Å². The number of hydrogen-bond acceptors (Lipinski definition) is 2. The van der Waals surface area contributed by atoms with E-state index in [9.17, 15) is 4.79 Å². The molecule has 0 aliphatic rings. The minimum atomic E-state index is 0.644. The Bertz CT molecular complexity index is 222. The molecule has 0 radical (unpaired) electrons. The molecule has 0 atom stereocenters. The first-order valence-corrected chi connectivity index (χ1v) is 2.97. The van der Waals surface area contributed by atoms with Crippen LogP contribution in [0.2, 0.25) is 0 Å². The van der Waals surface area contributed by atoms with Gasteiger partial charge in [0, 0.05) is 0 Å². The number of carbonyl (C=O) groups is 1. The number of anilines is 1. The van der Waals surface area contributed by atoms with Gasteiger partial charge in [0.1, 0.15) is 0 Å². The molecule has 0 aromatic carbocycles. The van der Waals surface area contributed by atoms with Crippen molar-refractivity contribution >= 4 is 12.1 Å². The molecule has 0 bridgehead atoms. The van der Waals surface area contributed by atoms with E-state index in [1.54, 1.807) is 0 Å². The van der Waals surface area contributed by atoms with Crippen LogP contribution in [0.3, 0.4) is 0 Å². The topological polar surface area (TPSA) is 57.8 Å². The first-order valence-electron chi connectivity index (χ1n) is 2.97. The maximum absolute atomic E-state index is 10.0. The fourth-order valence-corrected chi connectivity index (χ4v) is 0.822. The lowest BCUT2D eigenvalue weighted by Crippen LogP contribution is -1.95. The smallest absolute Gasteiger partial charge is 0.211 e. The summed E-state index contributed by atoms with van der Waals surface area (Å²) in [5.74, 6) is 0. The Labute approximate surface area is 58.6 Å². The van der Waals surface area contributed by atoms with Crippen molar-refractivity contribution in [1.29, 1.82) is 0 Å². The Morgan fingerprint density at radius 1 is 1.60 bits per heavy atom. The quantitative estimate of drug-likeness (QED) is 0.589. The number of aromatic nitrogens is 2. The first kappa shape index (κ1) is 6.80. The fourth-order valence-electron chi connectivity index (χ4n) is 0.822. The Hall–Kier alpha value is -1.32. The van der Waals surface area contributed by atoms with Gasteiger partial charge in [-0.15, -0.1) is 0 Å². The summed E-state index contributed by atoms with van der Waals surface area (Å²) in [5, 5.41) is 9.19. The number of nitrogens with one attached hydrogen (secondary N) is 2. The molecule has 0 saturated heterocycles. The van der Waals surface area contributed by atoms with Crippen molar-refractivity contribution in [2.24, 2.45) is 0 Å². The maximum atomic E-state index is 10.0. The van der Waals surface area contributed by atoms with Crippen molar-refractivity contribution in [2.45, 2.75) is 13.8 Å². The number of carbonyl (C=O) groups excluding carboxylic acids is 1. The van der Waals surface area contributed by atoms with Crippen LogP contribution in [-0.2, 0) is 4.79 Å². The van der Waals surface area contributed by atoms with Crippen molar-refractivity contribution in [3.8, 4) is 0 Å². The third kappa shape index (κ3) is 1.00. The molecule has 0 saturated carbocycles. The molecular weight excluding hydrogens is 130 g/mol. The molecule has 0 spiro atoms. The number of amides is 1. The zero-order valence-corrected chi connectivity index (χ0v) is 5.93. The van der Waals surface area contributed by atoms with Gasteiger partial charge in [-0.2, -0.15) is 5.10 Å². The highest BCUT2D eigenvalue weighted by Gasteiger charge is 2.02. The van der Waals surface area contributed by atoms with E-state index < -0.39 is 0 Å². The molecule has 10 heavy (non-hydrogen) atoms. The van der Waals surface area contributed by atoms with E-state index in [-0.39, 0.29) is 0 Å². The summed E-state index contributed by atoms with van der Waals surface area (Å²) in [4.78, 5) is 10.0. The van der Waals surface area contributed by atoms with E-state index in [1.165, 1.54) is 0 Å². The second-order valence-corrected chi connectivity index (χ2v) is 2.07. The predicted octanol–water partition coefficient (Wildman–Crippen LogP) is 0.595. The lowest BCUT2D eigenvalue weighted by molar-refractivity contribution is -0.105. The number of nitrogens with zero attached hydrogens (tertiary/aromatic N) is 1. The molecule has 4 nitrogen and oxygen atoms in total. The van der Waals surface area contributed by atoms with E-state index in [0.717, 1.165) is 17.1 Å². The summed E-state index contributed by atoms with van der Waals surface area (Å²) in [6.07, 6.45) is 0.644. The van der Waals surface area contributed by atoms with Gasteiger partial charge in [-0.05, 0) is 13.8 Å². The standard InChI is InChI=1S/C6H9N3O/c1-4-6(7-3-10)5(2)9-8-4/h3H,1-2H3,(H,7,10)(H,8,9). The fraction of sp³-hybridized carbons (Fsp3) is 0.333. The highest BCUT2D eigenvalue weighted by atomic mass is 16.1. The van der Waals surface area contributed by atoms with Gasteiger partial charge in [0.2, 0.25) is 6.41 Å². The molecule has 54 valence electrons. The SMILES string of the molecule is Cc1n[nH]c(C)c1NC=O. The van der Waals surface area contributed by atoms with Gasteiger partial charge < -0.3 is 5.32 Å². The zero-order chi connectivity index (χ0) is 7.56. The molecule has 1 aromatic rings. The van der Waals surface area contributed by atoms with Gasteiger partial charge in [0.15, 0.2) is 0 Å². The molecule has 0 fully saturated rings. The highest BCUT2D eigenvalue weighted by molar-refractivity contribution is 5.73. The molecule has 0 aliphatic carbocycles. The third-order valence-corrected chi connectivity index (χ3v) is 1.33. The summed E-state index contributed by atoms with van der Waals surface area (Å²) >= 11 is 0. The van der Waals surface area contributed by atoms with Crippen LogP contribution < -0.4 is 5.32 Å². The Balaban J connectivity index is 2.97. The van der Waals surface area contributed by atoms with E-state index in [4.69, 9.17) is 0 Å². The Morgan fingerprint density at radius 3 is 2.70 bits per heavy atom. The number of hydrogen-bond donors (Lipinski definition) is 2. The number of H-pyrrole nitrogens is 1. The van der Waals surface area contributed by atoms with Crippen LogP contribution in [0, 0.1) is 13.8 Å². The van der Waals surface area contributed by atoms with E-state index in [1.807, 2.05) is 13.8 Å². The van der Waals surface area contributed by atoms with Crippen molar-refractivity contribution in [2.75, 3.05) is 5.32 Å².